The fourth-order valence-corrected chi connectivity index (χ4v) is 5.13. The molecule has 10 heteroatoms. The Morgan fingerprint density at radius 1 is 1.17 bits per heavy atom. The number of imidazole rings is 1. The molecule has 0 radical (unpaired) electrons. The van der Waals surface area contributed by atoms with E-state index in [4.69, 9.17) is 4.52 Å². The summed E-state index contributed by atoms with van der Waals surface area (Å²) in [5.41, 5.74) is 0. The first-order chi connectivity index (χ1) is 16.9. The van der Waals surface area contributed by atoms with Gasteiger partial charge in [0.2, 0.25) is 17.7 Å². The van der Waals surface area contributed by atoms with E-state index in [-0.39, 0.29) is 17.7 Å². The smallest absolute Gasteiger partial charge is 0.227 e. The van der Waals surface area contributed by atoms with Crippen LogP contribution >= 0.6 is 0 Å². The second kappa shape index (κ2) is 11.8. The van der Waals surface area contributed by atoms with Crippen molar-refractivity contribution >= 4 is 11.8 Å². The summed E-state index contributed by atoms with van der Waals surface area (Å²) in [4.78, 5) is 40.3. The quantitative estimate of drug-likeness (QED) is 0.537. The maximum absolute atomic E-state index is 12.9. The summed E-state index contributed by atoms with van der Waals surface area (Å²) in [6.45, 7) is 8.10. The van der Waals surface area contributed by atoms with Gasteiger partial charge in [-0.05, 0) is 19.8 Å². The normalized spacial score (nSPS) is 18.5. The molecule has 0 bridgehead atoms. The third kappa shape index (κ3) is 6.68. The van der Waals surface area contributed by atoms with Crippen molar-refractivity contribution in [1.82, 2.24) is 34.4 Å². The van der Waals surface area contributed by atoms with E-state index in [1.807, 2.05) is 41.5 Å². The first-order valence-electron chi connectivity index (χ1n) is 13.0. The first kappa shape index (κ1) is 25.3. The highest BCUT2D eigenvalue weighted by atomic mass is 16.5. The Morgan fingerprint density at radius 2 is 1.91 bits per heavy atom. The molecule has 192 valence electrons. The van der Waals surface area contributed by atoms with Crippen LogP contribution in [-0.4, -0.2) is 85.5 Å². The Kier molecular flexibility index (Phi) is 8.54. The van der Waals surface area contributed by atoms with Crippen molar-refractivity contribution in [3.8, 4) is 0 Å². The second-order valence-corrected chi connectivity index (χ2v) is 10.0. The lowest BCUT2D eigenvalue weighted by Crippen LogP contribution is -2.50. The first-order valence-corrected chi connectivity index (χ1v) is 13.0. The molecule has 4 rings (SSSR count). The Hall–Kier alpha value is -2.75. The van der Waals surface area contributed by atoms with E-state index in [9.17, 15) is 9.59 Å². The number of carbonyl (C=O) groups is 2. The topological polar surface area (TPSA) is 101 Å². The molecule has 1 aliphatic heterocycles. The summed E-state index contributed by atoms with van der Waals surface area (Å²) in [7, 11) is 1.92. The molecule has 0 N–H and O–H groups in total. The maximum atomic E-state index is 12.9. The molecule has 1 saturated carbocycles. The fraction of sp³-hybridized carbons (Fsp3) is 0.720. The highest BCUT2D eigenvalue weighted by Crippen LogP contribution is 2.22. The molecular weight excluding hydrogens is 446 g/mol. The zero-order chi connectivity index (χ0) is 24.8. The number of amides is 2. The van der Waals surface area contributed by atoms with Crippen molar-refractivity contribution < 1.29 is 14.1 Å². The zero-order valence-corrected chi connectivity index (χ0v) is 21.4. The number of nitrogens with zero attached hydrogens (tertiary/aromatic N) is 7. The van der Waals surface area contributed by atoms with Crippen molar-refractivity contribution in [2.24, 2.45) is 5.92 Å². The van der Waals surface area contributed by atoms with Gasteiger partial charge >= 0.3 is 0 Å². The van der Waals surface area contributed by atoms with Crippen LogP contribution in [0.25, 0.3) is 0 Å². The lowest BCUT2D eigenvalue weighted by molar-refractivity contribution is -0.137. The number of aromatic nitrogens is 4. The molecule has 10 nitrogen and oxygen atoms in total. The van der Waals surface area contributed by atoms with E-state index in [0.717, 1.165) is 31.8 Å². The van der Waals surface area contributed by atoms with Crippen molar-refractivity contribution in [2.45, 2.75) is 77.9 Å². The van der Waals surface area contributed by atoms with E-state index in [1.54, 1.807) is 6.20 Å². The maximum Gasteiger partial charge on any atom is 0.227 e. The molecule has 2 aliphatic rings. The third-order valence-corrected chi connectivity index (χ3v) is 7.44. The summed E-state index contributed by atoms with van der Waals surface area (Å²) in [6.07, 6.45) is 10.5. The fourth-order valence-electron chi connectivity index (χ4n) is 5.13. The number of piperazine rings is 1. The highest BCUT2D eigenvalue weighted by Gasteiger charge is 2.26. The van der Waals surface area contributed by atoms with Gasteiger partial charge in [0, 0.05) is 71.0 Å². The standard InChI is InChI=1S/C25H39N7O3/c1-19(17-32-12-11-26-20(32)2)25(34)31-15-13-30(14-16-31)18-22-27-23(35-28-22)9-10-24(33)29(3)21-7-5-4-6-8-21/h11-12,19,21H,4-10,13-18H2,1-3H3. The number of aryl methyl sites for hydroxylation is 2. The van der Waals surface area contributed by atoms with Crippen LogP contribution in [0, 0.1) is 12.8 Å². The molecule has 1 atom stereocenters. The number of carbonyl (C=O) groups excluding carboxylic acids is 2. The molecule has 2 amide bonds. The molecule has 2 fully saturated rings. The van der Waals surface area contributed by atoms with Gasteiger partial charge in [-0.25, -0.2) is 4.98 Å². The molecule has 35 heavy (non-hydrogen) atoms. The Bertz CT molecular complexity index is 973. The zero-order valence-electron chi connectivity index (χ0n) is 21.4. The van der Waals surface area contributed by atoms with Gasteiger partial charge in [-0.1, -0.05) is 31.3 Å². The summed E-state index contributed by atoms with van der Waals surface area (Å²) < 4.78 is 7.42. The van der Waals surface area contributed by atoms with Gasteiger partial charge in [0.1, 0.15) is 5.82 Å². The lowest BCUT2D eigenvalue weighted by atomic mass is 9.94. The van der Waals surface area contributed by atoms with Gasteiger partial charge in [0.05, 0.1) is 12.5 Å². The van der Waals surface area contributed by atoms with Crippen molar-refractivity contribution in [3.05, 3.63) is 29.9 Å². The molecule has 2 aromatic rings. The summed E-state index contributed by atoms with van der Waals surface area (Å²) in [5, 5.41) is 4.11. The molecule has 1 unspecified atom stereocenters. The van der Waals surface area contributed by atoms with E-state index in [1.165, 1.54) is 19.3 Å². The second-order valence-electron chi connectivity index (χ2n) is 10.0. The van der Waals surface area contributed by atoms with E-state index in [0.29, 0.717) is 56.8 Å². The molecule has 1 saturated heterocycles. The monoisotopic (exact) mass is 485 g/mol. The van der Waals surface area contributed by atoms with Crippen LogP contribution in [0.15, 0.2) is 16.9 Å². The predicted octanol–water partition coefficient (Wildman–Crippen LogP) is 2.28. The van der Waals surface area contributed by atoms with Crippen LogP contribution in [0.5, 0.6) is 0 Å². The van der Waals surface area contributed by atoms with E-state index >= 15 is 0 Å². The number of rotatable bonds is 9. The Labute approximate surface area is 207 Å². The molecule has 0 spiro atoms. The third-order valence-electron chi connectivity index (χ3n) is 7.44. The number of hydrogen-bond donors (Lipinski definition) is 0. The minimum absolute atomic E-state index is 0.0888. The number of hydrogen-bond acceptors (Lipinski definition) is 7. The average Bonchev–Trinajstić information content (AvgIpc) is 3.51. The van der Waals surface area contributed by atoms with Crippen molar-refractivity contribution in [2.75, 3.05) is 33.2 Å². The van der Waals surface area contributed by atoms with Gasteiger partial charge in [-0.15, -0.1) is 0 Å². The lowest BCUT2D eigenvalue weighted by Gasteiger charge is -2.35. The molecule has 2 aromatic heterocycles. The minimum Gasteiger partial charge on any atom is -0.343 e. The van der Waals surface area contributed by atoms with Crippen molar-refractivity contribution in [1.29, 1.82) is 0 Å². The SMILES string of the molecule is Cc1nccn1CC(C)C(=O)N1CCN(Cc2noc(CCC(=O)N(C)C3CCCCC3)n2)CC1. The Morgan fingerprint density at radius 3 is 2.60 bits per heavy atom. The summed E-state index contributed by atoms with van der Waals surface area (Å²) >= 11 is 0. The average molecular weight is 486 g/mol. The predicted molar refractivity (Wildman–Crippen MR) is 130 cm³/mol. The van der Waals surface area contributed by atoms with Gasteiger partial charge < -0.3 is 18.9 Å². The highest BCUT2D eigenvalue weighted by molar-refractivity contribution is 5.78. The van der Waals surface area contributed by atoms with Crippen molar-refractivity contribution in [3.63, 3.8) is 0 Å². The van der Waals surface area contributed by atoms with E-state index in [2.05, 4.69) is 20.0 Å². The van der Waals surface area contributed by atoms with Crippen LogP contribution in [0.1, 0.15) is 63.0 Å². The Balaban J connectivity index is 1.18. The van der Waals surface area contributed by atoms with Gasteiger partial charge in [0.15, 0.2) is 5.82 Å². The summed E-state index contributed by atoms with van der Waals surface area (Å²) in [6, 6.07) is 0.373. The van der Waals surface area contributed by atoms with Gasteiger partial charge in [-0.2, -0.15) is 4.98 Å². The van der Waals surface area contributed by atoms with Gasteiger partial charge in [-0.3, -0.25) is 14.5 Å². The van der Waals surface area contributed by atoms with Crippen LogP contribution in [0.2, 0.25) is 0 Å². The van der Waals surface area contributed by atoms with Crippen LogP contribution in [0.3, 0.4) is 0 Å². The summed E-state index contributed by atoms with van der Waals surface area (Å²) in [5.74, 6) is 2.32. The van der Waals surface area contributed by atoms with Crippen LogP contribution in [-0.2, 0) is 29.1 Å². The van der Waals surface area contributed by atoms with E-state index < -0.39 is 0 Å². The minimum atomic E-state index is -0.0888. The molecule has 1 aliphatic carbocycles. The van der Waals surface area contributed by atoms with Crippen LogP contribution in [0.4, 0.5) is 0 Å². The molecule has 3 heterocycles. The molecular formula is C25H39N7O3. The van der Waals surface area contributed by atoms with Gasteiger partial charge in [0.25, 0.3) is 0 Å². The molecule has 0 aromatic carbocycles. The largest absolute Gasteiger partial charge is 0.343 e. The van der Waals surface area contributed by atoms with Crippen LogP contribution < -0.4 is 0 Å².